The predicted octanol–water partition coefficient (Wildman–Crippen LogP) is 2.91. The first-order chi connectivity index (χ1) is 11.2. The SMILES string of the molecule is Cc1cc(N2CCc3c(cccc3N3CCOC3=O)C2)ccn1. The van der Waals surface area contributed by atoms with Crippen molar-refractivity contribution in [3.63, 3.8) is 0 Å². The molecule has 0 aliphatic carbocycles. The third-order valence-electron chi connectivity index (χ3n) is 4.54. The molecule has 23 heavy (non-hydrogen) atoms. The van der Waals surface area contributed by atoms with Gasteiger partial charge in [0.1, 0.15) is 6.61 Å². The molecule has 0 atom stereocenters. The maximum absolute atomic E-state index is 11.9. The van der Waals surface area contributed by atoms with Crippen LogP contribution in [0.15, 0.2) is 36.5 Å². The van der Waals surface area contributed by atoms with Gasteiger partial charge in [0.15, 0.2) is 0 Å². The second-order valence-electron chi connectivity index (χ2n) is 6.01. The van der Waals surface area contributed by atoms with E-state index in [4.69, 9.17) is 4.74 Å². The third-order valence-corrected chi connectivity index (χ3v) is 4.54. The highest BCUT2D eigenvalue weighted by atomic mass is 16.6. The lowest BCUT2D eigenvalue weighted by Crippen LogP contribution is -2.33. The molecule has 4 rings (SSSR count). The van der Waals surface area contributed by atoms with Crippen molar-refractivity contribution in [3.05, 3.63) is 53.3 Å². The van der Waals surface area contributed by atoms with Gasteiger partial charge in [-0.3, -0.25) is 9.88 Å². The van der Waals surface area contributed by atoms with Gasteiger partial charge in [0, 0.05) is 30.7 Å². The summed E-state index contributed by atoms with van der Waals surface area (Å²) in [6.45, 7) is 4.93. The number of aromatic nitrogens is 1. The molecule has 1 amide bonds. The molecule has 0 bridgehead atoms. The molecule has 118 valence electrons. The fraction of sp³-hybridized carbons (Fsp3) is 0.333. The van der Waals surface area contributed by atoms with Crippen molar-refractivity contribution >= 4 is 17.5 Å². The van der Waals surface area contributed by atoms with Crippen LogP contribution < -0.4 is 9.80 Å². The zero-order valence-electron chi connectivity index (χ0n) is 13.2. The third kappa shape index (κ3) is 2.52. The normalized spacial score (nSPS) is 17.2. The molecule has 2 aliphatic heterocycles. The number of carbonyl (C=O) groups is 1. The Kier molecular flexibility index (Phi) is 3.41. The molecule has 0 unspecified atom stereocenters. The minimum atomic E-state index is -0.231. The lowest BCUT2D eigenvalue weighted by Gasteiger charge is -2.33. The van der Waals surface area contributed by atoms with Crippen molar-refractivity contribution in [2.24, 2.45) is 0 Å². The molecule has 2 aliphatic rings. The van der Waals surface area contributed by atoms with Crippen LogP contribution in [0.4, 0.5) is 16.2 Å². The van der Waals surface area contributed by atoms with Crippen LogP contribution >= 0.6 is 0 Å². The van der Waals surface area contributed by atoms with E-state index in [1.807, 2.05) is 25.3 Å². The Morgan fingerprint density at radius 1 is 1.22 bits per heavy atom. The first kappa shape index (κ1) is 14.1. The van der Waals surface area contributed by atoms with Crippen molar-refractivity contribution in [2.45, 2.75) is 19.9 Å². The first-order valence-corrected chi connectivity index (χ1v) is 7.95. The van der Waals surface area contributed by atoms with Gasteiger partial charge in [-0.15, -0.1) is 0 Å². The molecular weight excluding hydrogens is 290 g/mol. The number of hydrogen-bond acceptors (Lipinski definition) is 4. The molecule has 5 heteroatoms. The van der Waals surface area contributed by atoms with Gasteiger partial charge in [-0.1, -0.05) is 12.1 Å². The Morgan fingerprint density at radius 2 is 2.13 bits per heavy atom. The van der Waals surface area contributed by atoms with E-state index in [9.17, 15) is 4.79 Å². The van der Waals surface area contributed by atoms with Gasteiger partial charge in [-0.2, -0.15) is 0 Å². The van der Waals surface area contributed by atoms with Crippen molar-refractivity contribution in [1.82, 2.24) is 4.98 Å². The van der Waals surface area contributed by atoms with Crippen molar-refractivity contribution in [2.75, 3.05) is 29.5 Å². The quantitative estimate of drug-likeness (QED) is 0.856. The van der Waals surface area contributed by atoms with E-state index in [0.717, 1.165) is 30.9 Å². The highest BCUT2D eigenvalue weighted by Gasteiger charge is 2.28. The van der Waals surface area contributed by atoms with Gasteiger partial charge in [0.2, 0.25) is 0 Å². The number of benzene rings is 1. The number of anilines is 2. The molecule has 1 aromatic heterocycles. The fourth-order valence-corrected chi connectivity index (χ4v) is 3.40. The lowest BCUT2D eigenvalue weighted by molar-refractivity contribution is 0.181. The topological polar surface area (TPSA) is 45.7 Å². The number of carbonyl (C=O) groups excluding carboxylic acids is 1. The molecule has 1 fully saturated rings. The maximum atomic E-state index is 11.9. The average Bonchev–Trinajstić information content (AvgIpc) is 2.99. The summed E-state index contributed by atoms with van der Waals surface area (Å²) in [6, 6.07) is 10.4. The summed E-state index contributed by atoms with van der Waals surface area (Å²) in [6.07, 6.45) is 2.55. The van der Waals surface area contributed by atoms with Crippen molar-refractivity contribution in [1.29, 1.82) is 0 Å². The standard InChI is InChI=1S/C18H19N3O2/c1-13-11-15(5-7-19-13)20-8-6-16-14(12-20)3-2-4-17(16)21-9-10-23-18(21)22/h2-5,7,11H,6,8-10,12H2,1H3. The van der Waals surface area contributed by atoms with E-state index >= 15 is 0 Å². The Morgan fingerprint density at radius 3 is 2.91 bits per heavy atom. The molecule has 0 radical (unpaired) electrons. The summed E-state index contributed by atoms with van der Waals surface area (Å²) < 4.78 is 5.08. The molecule has 1 saturated heterocycles. The van der Waals surface area contributed by atoms with E-state index in [-0.39, 0.29) is 6.09 Å². The van der Waals surface area contributed by atoms with Gasteiger partial charge in [0.05, 0.1) is 12.2 Å². The van der Waals surface area contributed by atoms with Crippen LogP contribution in [0, 0.1) is 6.92 Å². The number of fused-ring (bicyclic) bond motifs is 1. The van der Waals surface area contributed by atoms with Gasteiger partial charge in [0.25, 0.3) is 0 Å². The molecule has 0 N–H and O–H groups in total. The summed E-state index contributed by atoms with van der Waals surface area (Å²) in [5, 5.41) is 0. The second-order valence-corrected chi connectivity index (χ2v) is 6.01. The Hall–Kier alpha value is -2.56. The molecule has 1 aromatic carbocycles. The lowest BCUT2D eigenvalue weighted by atomic mass is 9.96. The number of cyclic esters (lactones) is 1. The summed E-state index contributed by atoms with van der Waals surface area (Å²) in [5.41, 5.74) is 5.79. The van der Waals surface area contributed by atoms with Crippen LogP contribution in [0.25, 0.3) is 0 Å². The Bertz CT molecular complexity index is 760. The van der Waals surface area contributed by atoms with Crippen LogP contribution in [0.1, 0.15) is 16.8 Å². The maximum Gasteiger partial charge on any atom is 0.414 e. The van der Waals surface area contributed by atoms with Gasteiger partial charge < -0.3 is 9.64 Å². The minimum Gasteiger partial charge on any atom is -0.447 e. The number of rotatable bonds is 2. The van der Waals surface area contributed by atoms with Gasteiger partial charge in [-0.05, 0) is 42.7 Å². The molecule has 3 heterocycles. The number of amides is 1. The molecule has 5 nitrogen and oxygen atoms in total. The van der Waals surface area contributed by atoms with Crippen LogP contribution in [-0.4, -0.2) is 30.8 Å². The largest absolute Gasteiger partial charge is 0.447 e. The number of hydrogen-bond donors (Lipinski definition) is 0. The Balaban J connectivity index is 1.65. The van der Waals surface area contributed by atoms with E-state index < -0.39 is 0 Å². The minimum absolute atomic E-state index is 0.231. The highest BCUT2D eigenvalue weighted by molar-refractivity contribution is 5.90. The zero-order chi connectivity index (χ0) is 15.8. The summed E-state index contributed by atoms with van der Waals surface area (Å²) in [4.78, 5) is 20.3. The first-order valence-electron chi connectivity index (χ1n) is 7.95. The van der Waals surface area contributed by atoms with Crippen LogP contribution in [-0.2, 0) is 17.7 Å². The molecule has 0 saturated carbocycles. The Labute approximate surface area is 135 Å². The van der Waals surface area contributed by atoms with E-state index in [1.54, 1.807) is 4.90 Å². The monoisotopic (exact) mass is 309 g/mol. The molecule has 0 spiro atoms. The number of nitrogens with zero attached hydrogens (tertiary/aromatic N) is 3. The van der Waals surface area contributed by atoms with E-state index in [2.05, 4.69) is 28.1 Å². The number of aryl methyl sites for hydroxylation is 1. The predicted molar refractivity (Wildman–Crippen MR) is 88.9 cm³/mol. The second kappa shape index (κ2) is 5.57. The molecular formula is C18H19N3O2. The smallest absolute Gasteiger partial charge is 0.414 e. The number of ether oxygens (including phenoxy) is 1. The zero-order valence-corrected chi connectivity index (χ0v) is 13.2. The van der Waals surface area contributed by atoms with Gasteiger partial charge in [-0.25, -0.2) is 4.79 Å². The fourth-order valence-electron chi connectivity index (χ4n) is 3.40. The van der Waals surface area contributed by atoms with Gasteiger partial charge >= 0.3 is 6.09 Å². The van der Waals surface area contributed by atoms with E-state index in [1.165, 1.54) is 16.8 Å². The van der Waals surface area contributed by atoms with Crippen molar-refractivity contribution < 1.29 is 9.53 Å². The van der Waals surface area contributed by atoms with Crippen LogP contribution in [0.5, 0.6) is 0 Å². The molecule has 2 aromatic rings. The summed E-state index contributed by atoms with van der Waals surface area (Å²) in [5.74, 6) is 0. The van der Waals surface area contributed by atoms with E-state index in [0.29, 0.717) is 13.2 Å². The van der Waals surface area contributed by atoms with Crippen LogP contribution in [0.2, 0.25) is 0 Å². The summed E-state index contributed by atoms with van der Waals surface area (Å²) >= 11 is 0. The highest BCUT2D eigenvalue weighted by Crippen LogP contribution is 2.32. The summed E-state index contributed by atoms with van der Waals surface area (Å²) in [7, 11) is 0. The number of pyridine rings is 1. The van der Waals surface area contributed by atoms with Crippen molar-refractivity contribution in [3.8, 4) is 0 Å². The average molecular weight is 309 g/mol. The van der Waals surface area contributed by atoms with Crippen LogP contribution in [0.3, 0.4) is 0 Å².